The van der Waals surface area contributed by atoms with Crippen LogP contribution in [0.1, 0.15) is 45.0 Å². The first-order valence-corrected chi connectivity index (χ1v) is 18.8. The fraction of sp³-hybridized carbons (Fsp3) is 0.0769. The van der Waals surface area contributed by atoms with Crippen molar-refractivity contribution in [2.45, 2.75) is 18.4 Å². The summed E-state index contributed by atoms with van der Waals surface area (Å²) in [4.78, 5) is 0. The minimum absolute atomic E-state index is 0.531. The smallest absolute Gasteiger partial charge is 0.128 e. The van der Waals surface area contributed by atoms with Gasteiger partial charge in [-0.05, 0) is 132 Å². The molecule has 0 saturated heterocycles. The van der Waals surface area contributed by atoms with Crippen LogP contribution in [0.3, 0.4) is 0 Å². The number of ether oxygens (including phenoxy) is 2. The minimum Gasteiger partial charge on any atom is -0.497 e. The molecule has 0 heterocycles. The predicted molar refractivity (Wildman–Crippen MR) is 225 cm³/mol. The summed E-state index contributed by atoms with van der Waals surface area (Å²) in [5, 5.41) is 18.2. The largest absolute Gasteiger partial charge is 0.497 e. The van der Waals surface area contributed by atoms with Crippen molar-refractivity contribution in [3.63, 3.8) is 0 Å². The van der Waals surface area contributed by atoms with Gasteiger partial charge in [0.1, 0.15) is 23.4 Å². The maximum atomic E-state index is 11.0. The summed E-state index contributed by atoms with van der Waals surface area (Å²) in [7, 11) is 1.63. The fourth-order valence-corrected chi connectivity index (χ4v) is 8.79. The number of benzene rings is 9. The third-order valence-electron chi connectivity index (χ3n) is 11.5. The molecule has 0 spiro atoms. The molecule has 9 aromatic carbocycles. The molecule has 1 aliphatic carbocycles. The van der Waals surface area contributed by atoms with Gasteiger partial charge in [0.2, 0.25) is 0 Å². The molecule has 1 aliphatic rings. The van der Waals surface area contributed by atoms with Crippen LogP contribution in [-0.4, -0.2) is 12.2 Å². The second kappa shape index (κ2) is 13.0. The number of aryl methyl sites for hydroxylation is 1. The van der Waals surface area contributed by atoms with Crippen molar-refractivity contribution in [2.24, 2.45) is 0 Å². The summed E-state index contributed by atoms with van der Waals surface area (Å²) in [5.74, 6) is 2.22. The van der Waals surface area contributed by atoms with Crippen LogP contribution in [0.25, 0.3) is 43.4 Å². The number of methoxy groups -OCH3 is 1. The van der Waals surface area contributed by atoms with Gasteiger partial charge in [-0.1, -0.05) is 139 Å². The van der Waals surface area contributed by atoms with Crippen LogP contribution < -0.4 is 9.47 Å². The van der Waals surface area contributed by atoms with Crippen LogP contribution in [0.15, 0.2) is 182 Å². The van der Waals surface area contributed by atoms with E-state index in [1.165, 1.54) is 60.5 Å². The lowest BCUT2D eigenvalue weighted by molar-refractivity contribution is 0.220. The van der Waals surface area contributed by atoms with Crippen LogP contribution in [-0.2, 0) is 5.41 Å². The van der Waals surface area contributed by atoms with Crippen molar-refractivity contribution in [2.75, 3.05) is 7.11 Å². The quantitative estimate of drug-likeness (QED) is 0.179. The molecular formula is C52H38O3. The number of fused-ring (bicyclic) bond motifs is 7. The molecule has 0 amide bonds. The summed E-state index contributed by atoms with van der Waals surface area (Å²) in [6.45, 7) is 2.15. The van der Waals surface area contributed by atoms with E-state index in [9.17, 15) is 5.11 Å². The van der Waals surface area contributed by atoms with E-state index in [0.717, 1.165) is 33.4 Å². The molecule has 2 unspecified atom stereocenters. The van der Waals surface area contributed by atoms with Crippen molar-refractivity contribution in [3.05, 3.63) is 221 Å². The van der Waals surface area contributed by atoms with E-state index in [1.807, 2.05) is 54.6 Å². The highest BCUT2D eigenvalue weighted by atomic mass is 16.5. The molecule has 0 aliphatic heterocycles. The maximum Gasteiger partial charge on any atom is 0.128 e. The topological polar surface area (TPSA) is 38.7 Å². The Bertz CT molecular complexity index is 2910. The highest BCUT2D eigenvalue weighted by molar-refractivity contribution is 6.04. The normalized spacial score (nSPS) is 15.2. The molecule has 0 fully saturated rings. The Morgan fingerprint density at radius 2 is 1.04 bits per heavy atom. The third kappa shape index (κ3) is 5.39. The monoisotopic (exact) mass is 710 g/mol. The Kier molecular flexibility index (Phi) is 7.79. The fourth-order valence-electron chi connectivity index (χ4n) is 8.79. The van der Waals surface area contributed by atoms with E-state index < -0.39 is 11.5 Å². The average molecular weight is 711 g/mol. The Balaban J connectivity index is 1.06. The Labute approximate surface area is 320 Å². The van der Waals surface area contributed by atoms with Crippen molar-refractivity contribution < 1.29 is 14.6 Å². The number of rotatable bonds is 7. The molecule has 3 heteroatoms. The van der Waals surface area contributed by atoms with Crippen molar-refractivity contribution in [3.8, 4) is 28.4 Å². The SMILES string of the molecule is COc1ccc(C(O)c2ccc(Oc3ccc4cc(C5(c6ccc7cc(C)ccc7c6)c6ccccc6-c6c5ccc5ccccc65)ccc4c3)cc2)cc1. The Morgan fingerprint density at radius 1 is 0.473 bits per heavy atom. The zero-order chi connectivity index (χ0) is 37.1. The molecule has 0 aromatic heterocycles. The molecule has 9 aromatic rings. The van der Waals surface area contributed by atoms with Crippen LogP contribution in [0, 0.1) is 6.92 Å². The van der Waals surface area contributed by atoms with Crippen LogP contribution in [0.4, 0.5) is 0 Å². The van der Waals surface area contributed by atoms with Crippen molar-refractivity contribution in [1.82, 2.24) is 0 Å². The molecule has 264 valence electrons. The summed E-state index contributed by atoms with van der Waals surface area (Å²) in [6, 6.07) is 64.5. The van der Waals surface area contributed by atoms with Crippen LogP contribution >= 0.6 is 0 Å². The lowest BCUT2D eigenvalue weighted by Crippen LogP contribution is -2.28. The second-order valence-corrected chi connectivity index (χ2v) is 14.6. The highest BCUT2D eigenvalue weighted by Gasteiger charge is 2.46. The molecule has 1 N–H and O–H groups in total. The first-order valence-electron chi connectivity index (χ1n) is 18.8. The van der Waals surface area contributed by atoms with E-state index in [-0.39, 0.29) is 0 Å². The summed E-state index contributed by atoms with van der Waals surface area (Å²) < 4.78 is 11.6. The Morgan fingerprint density at radius 3 is 1.76 bits per heavy atom. The van der Waals surface area contributed by atoms with E-state index in [1.54, 1.807) is 7.11 Å². The van der Waals surface area contributed by atoms with Gasteiger partial charge in [-0.25, -0.2) is 0 Å². The average Bonchev–Trinajstić information content (AvgIpc) is 3.55. The van der Waals surface area contributed by atoms with Gasteiger partial charge in [0, 0.05) is 0 Å². The van der Waals surface area contributed by atoms with Crippen LogP contribution in [0.2, 0.25) is 0 Å². The van der Waals surface area contributed by atoms with Gasteiger partial charge in [0.05, 0.1) is 12.5 Å². The standard InChI is InChI=1S/C52H38O3/c1-33-11-12-38-30-41(21-13-37(38)29-33)52(48-10-6-5-9-47(48)50-46-8-4-3-7-34(46)20-28-49(50)52)42-22-14-40-32-45(27-19-39(40)31-42)55-44-25-17-36(18-26-44)51(53)35-15-23-43(54-2)24-16-35/h3-32,51,53H,1-2H3. The number of aliphatic hydroxyl groups excluding tert-OH is 1. The van der Waals surface area contributed by atoms with Gasteiger partial charge in [-0.15, -0.1) is 0 Å². The summed E-state index contributed by atoms with van der Waals surface area (Å²) >= 11 is 0. The highest BCUT2D eigenvalue weighted by Crippen LogP contribution is 2.58. The first kappa shape index (κ1) is 32.9. The van der Waals surface area contributed by atoms with Gasteiger partial charge in [-0.3, -0.25) is 0 Å². The van der Waals surface area contributed by atoms with Gasteiger partial charge < -0.3 is 14.6 Å². The zero-order valence-electron chi connectivity index (χ0n) is 30.7. The minimum atomic E-state index is -0.741. The molecule has 0 saturated carbocycles. The van der Waals surface area contributed by atoms with E-state index >= 15 is 0 Å². The molecule has 0 bridgehead atoms. The number of hydrogen-bond donors (Lipinski definition) is 1. The summed E-state index contributed by atoms with van der Waals surface area (Å²) in [6.07, 6.45) is -0.741. The van der Waals surface area contributed by atoms with Gasteiger partial charge in [0.25, 0.3) is 0 Å². The van der Waals surface area contributed by atoms with Gasteiger partial charge in [0.15, 0.2) is 0 Å². The maximum absolute atomic E-state index is 11.0. The molecule has 2 atom stereocenters. The molecule has 0 radical (unpaired) electrons. The lowest BCUT2D eigenvalue weighted by Gasteiger charge is -2.34. The molecular weight excluding hydrogens is 673 g/mol. The second-order valence-electron chi connectivity index (χ2n) is 14.6. The van der Waals surface area contributed by atoms with E-state index in [0.29, 0.717) is 5.75 Å². The third-order valence-corrected chi connectivity index (χ3v) is 11.5. The van der Waals surface area contributed by atoms with Gasteiger partial charge >= 0.3 is 0 Å². The zero-order valence-corrected chi connectivity index (χ0v) is 30.7. The number of aliphatic hydroxyl groups is 1. The lowest BCUT2D eigenvalue weighted by atomic mass is 9.67. The van der Waals surface area contributed by atoms with E-state index in [2.05, 4.69) is 134 Å². The predicted octanol–water partition coefficient (Wildman–Crippen LogP) is 12.7. The molecule has 55 heavy (non-hydrogen) atoms. The van der Waals surface area contributed by atoms with E-state index in [4.69, 9.17) is 9.47 Å². The van der Waals surface area contributed by atoms with Gasteiger partial charge in [-0.2, -0.15) is 0 Å². The van der Waals surface area contributed by atoms with Crippen molar-refractivity contribution in [1.29, 1.82) is 0 Å². The Hall–Kier alpha value is -6.68. The summed E-state index contributed by atoms with van der Waals surface area (Å²) in [5.41, 5.74) is 10.0. The van der Waals surface area contributed by atoms with Crippen LogP contribution in [0.5, 0.6) is 17.2 Å². The number of hydrogen-bond acceptors (Lipinski definition) is 3. The molecule has 10 rings (SSSR count). The van der Waals surface area contributed by atoms with Crippen molar-refractivity contribution >= 4 is 32.3 Å². The first-order chi connectivity index (χ1) is 27.0. The molecule has 3 nitrogen and oxygen atoms in total.